The molecule has 0 spiro atoms. The van der Waals surface area contributed by atoms with Gasteiger partial charge in [-0.15, -0.1) is 11.3 Å². The third kappa shape index (κ3) is 2.67. The molecule has 6 heteroatoms. The molecule has 1 aromatic carbocycles. The van der Waals surface area contributed by atoms with Crippen LogP contribution in [0.15, 0.2) is 34.9 Å². The molecular formula is C15H12Cl2N2OS. The molecule has 2 heterocycles. The van der Waals surface area contributed by atoms with Crippen molar-refractivity contribution in [2.24, 2.45) is 0 Å². The van der Waals surface area contributed by atoms with E-state index in [1.807, 2.05) is 12.1 Å². The Labute approximate surface area is 136 Å². The lowest BCUT2D eigenvalue weighted by Crippen LogP contribution is -1.87. The van der Waals surface area contributed by atoms with E-state index in [0.717, 1.165) is 28.1 Å². The summed E-state index contributed by atoms with van der Waals surface area (Å²) in [5.74, 6) is 0.273. The molecule has 0 saturated carbocycles. The second kappa shape index (κ2) is 5.72. The van der Waals surface area contributed by atoms with Gasteiger partial charge in [0.25, 0.3) is 0 Å². The molecule has 0 aliphatic heterocycles. The van der Waals surface area contributed by atoms with Gasteiger partial charge in [-0.3, -0.25) is 0 Å². The average molecular weight is 339 g/mol. The van der Waals surface area contributed by atoms with Crippen LogP contribution in [0.2, 0.25) is 10.0 Å². The molecule has 2 N–H and O–H groups in total. The van der Waals surface area contributed by atoms with Crippen LogP contribution in [0, 0.1) is 0 Å². The van der Waals surface area contributed by atoms with Crippen molar-refractivity contribution >= 4 is 40.4 Å². The van der Waals surface area contributed by atoms with Gasteiger partial charge in [0.1, 0.15) is 5.69 Å². The molecule has 0 bridgehead atoms. The second-order valence-corrected chi connectivity index (χ2v) is 6.50. The number of nitrogens with zero attached hydrogens (tertiary/aromatic N) is 1. The van der Waals surface area contributed by atoms with Crippen LogP contribution in [-0.2, 0) is 6.42 Å². The molecule has 108 valence electrons. The quantitative estimate of drug-likeness (QED) is 0.683. The van der Waals surface area contributed by atoms with E-state index < -0.39 is 0 Å². The molecule has 0 unspecified atom stereocenters. The Balaban J connectivity index is 2.14. The van der Waals surface area contributed by atoms with E-state index in [4.69, 9.17) is 33.5 Å². The topological polar surface area (TPSA) is 52.0 Å². The normalized spacial score (nSPS) is 11.0. The number of anilines is 1. The van der Waals surface area contributed by atoms with E-state index in [0.29, 0.717) is 10.0 Å². The largest absolute Gasteiger partial charge is 0.367 e. The van der Waals surface area contributed by atoms with Gasteiger partial charge < -0.3 is 10.3 Å². The van der Waals surface area contributed by atoms with E-state index in [2.05, 4.69) is 18.1 Å². The highest BCUT2D eigenvalue weighted by molar-refractivity contribution is 7.15. The van der Waals surface area contributed by atoms with E-state index in [9.17, 15) is 0 Å². The van der Waals surface area contributed by atoms with Gasteiger partial charge in [0.05, 0.1) is 20.5 Å². The second-order valence-electron chi connectivity index (χ2n) is 4.52. The number of nitrogens with two attached hydrogens (primary N) is 1. The minimum atomic E-state index is 0.273. The predicted octanol–water partition coefficient (Wildman–Crippen LogP) is 5.52. The first-order chi connectivity index (χ1) is 10.1. The number of nitrogen functional groups attached to an aromatic ring is 1. The van der Waals surface area contributed by atoms with Gasteiger partial charge in [-0.25, -0.2) is 0 Å². The first-order valence-electron chi connectivity index (χ1n) is 6.39. The Hall–Kier alpha value is -1.49. The van der Waals surface area contributed by atoms with Crippen LogP contribution in [0.5, 0.6) is 0 Å². The van der Waals surface area contributed by atoms with Crippen LogP contribution in [0.3, 0.4) is 0 Å². The van der Waals surface area contributed by atoms with Crippen LogP contribution in [0.25, 0.3) is 21.7 Å². The lowest BCUT2D eigenvalue weighted by atomic mass is 10.0. The van der Waals surface area contributed by atoms with Crippen molar-refractivity contribution in [2.45, 2.75) is 13.3 Å². The maximum Gasteiger partial charge on any atom is 0.230 e. The summed E-state index contributed by atoms with van der Waals surface area (Å²) in [6.07, 6.45) is 0.986. The summed E-state index contributed by atoms with van der Waals surface area (Å²) in [4.78, 5) is 2.31. The molecule has 0 saturated heterocycles. The van der Waals surface area contributed by atoms with Gasteiger partial charge in [0.2, 0.25) is 5.88 Å². The number of aromatic nitrogens is 1. The molecule has 3 nitrogen and oxygen atoms in total. The Bertz CT molecular complexity index is 795. The van der Waals surface area contributed by atoms with Gasteiger partial charge in [-0.05, 0) is 36.2 Å². The Morgan fingerprint density at radius 3 is 2.67 bits per heavy atom. The van der Waals surface area contributed by atoms with Crippen molar-refractivity contribution in [1.82, 2.24) is 5.16 Å². The molecule has 0 aliphatic rings. The molecule has 2 aromatic heterocycles. The highest BCUT2D eigenvalue weighted by Crippen LogP contribution is 2.40. The number of hydrogen-bond donors (Lipinski definition) is 1. The van der Waals surface area contributed by atoms with Crippen molar-refractivity contribution < 1.29 is 4.52 Å². The van der Waals surface area contributed by atoms with Gasteiger partial charge in [0, 0.05) is 4.88 Å². The molecule has 3 aromatic rings. The lowest BCUT2D eigenvalue weighted by molar-refractivity contribution is 0.439. The average Bonchev–Trinajstić information content (AvgIpc) is 3.08. The van der Waals surface area contributed by atoms with Crippen molar-refractivity contribution in [3.63, 3.8) is 0 Å². The number of aryl methyl sites for hydroxylation is 1. The van der Waals surface area contributed by atoms with E-state index >= 15 is 0 Å². The fourth-order valence-corrected chi connectivity index (χ4v) is 3.33. The monoisotopic (exact) mass is 338 g/mol. The molecule has 0 radical (unpaired) electrons. The molecule has 0 atom stereocenters. The van der Waals surface area contributed by atoms with E-state index in [1.54, 1.807) is 23.5 Å². The summed E-state index contributed by atoms with van der Waals surface area (Å²) in [7, 11) is 0. The maximum absolute atomic E-state index is 6.09. The van der Waals surface area contributed by atoms with Gasteiger partial charge in [-0.1, -0.05) is 41.3 Å². The summed E-state index contributed by atoms with van der Waals surface area (Å²) >= 11 is 13.7. The first kappa shape index (κ1) is 14.4. The van der Waals surface area contributed by atoms with Gasteiger partial charge in [-0.2, -0.15) is 0 Å². The third-order valence-corrected chi connectivity index (χ3v) is 5.15. The highest BCUT2D eigenvalue weighted by Gasteiger charge is 2.19. The summed E-state index contributed by atoms with van der Waals surface area (Å²) in [6.45, 7) is 2.12. The fraction of sp³-hybridized carbons (Fsp3) is 0.133. The minimum absolute atomic E-state index is 0.273. The Morgan fingerprint density at radius 1 is 1.19 bits per heavy atom. The van der Waals surface area contributed by atoms with Crippen LogP contribution in [0.1, 0.15) is 11.8 Å². The Morgan fingerprint density at radius 2 is 2.00 bits per heavy atom. The zero-order valence-corrected chi connectivity index (χ0v) is 13.5. The highest BCUT2D eigenvalue weighted by atomic mass is 35.5. The summed E-state index contributed by atoms with van der Waals surface area (Å²) in [5.41, 5.74) is 8.26. The zero-order chi connectivity index (χ0) is 15.0. The number of hydrogen-bond acceptors (Lipinski definition) is 4. The number of thiophene rings is 1. The van der Waals surface area contributed by atoms with Crippen LogP contribution >= 0.6 is 34.5 Å². The van der Waals surface area contributed by atoms with Crippen molar-refractivity contribution in [1.29, 1.82) is 0 Å². The third-order valence-electron chi connectivity index (χ3n) is 3.17. The summed E-state index contributed by atoms with van der Waals surface area (Å²) in [5, 5.41) is 5.07. The van der Waals surface area contributed by atoms with Gasteiger partial charge in [0.15, 0.2) is 0 Å². The molecule has 21 heavy (non-hydrogen) atoms. The van der Waals surface area contributed by atoms with Crippen LogP contribution in [-0.4, -0.2) is 5.16 Å². The number of rotatable bonds is 3. The van der Waals surface area contributed by atoms with Gasteiger partial charge >= 0.3 is 0 Å². The maximum atomic E-state index is 6.09. The summed E-state index contributed by atoms with van der Waals surface area (Å²) in [6, 6.07) is 9.48. The standard InChI is InChI=1S/C15H12Cl2N2OS/c1-2-9-4-6-12(21-9)14-13(15(18)20-19-14)8-3-5-10(16)11(17)7-8/h3-7H,2,18H2,1H3. The molecule has 0 fully saturated rings. The van der Waals surface area contributed by atoms with Crippen LogP contribution < -0.4 is 5.73 Å². The smallest absolute Gasteiger partial charge is 0.230 e. The molecular weight excluding hydrogens is 327 g/mol. The van der Waals surface area contributed by atoms with Crippen LogP contribution in [0.4, 0.5) is 5.88 Å². The molecule has 0 amide bonds. The predicted molar refractivity (Wildman–Crippen MR) is 89.1 cm³/mol. The first-order valence-corrected chi connectivity index (χ1v) is 7.97. The summed E-state index contributed by atoms with van der Waals surface area (Å²) < 4.78 is 5.18. The van der Waals surface area contributed by atoms with Crippen molar-refractivity contribution in [3.05, 3.63) is 45.3 Å². The van der Waals surface area contributed by atoms with Crippen molar-refractivity contribution in [3.8, 4) is 21.7 Å². The van der Waals surface area contributed by atoms with Crippen molar-refractivity contribution in [2.75, 3.05) is 5.73 Å². The van der Waals surface area contributed by atoms with E-state index in [1.165, 1.54) is 4.88 Å². The SMILES string of the molecule is CCc1ccc(-c2noc(N)c2-c2ccc(Cl)c(Cl)c2)s1. The lowest BCUT2D eigenvalue weighted by Gasteiger charge is -2.03. The minimum Gasteiger partial charge on any atom is -0.367 e. The number of benzene rings is 1. The Kier molecular flexibility index (Phi) is 3.93. The van der Waals surface area contributed by atoms with E-state index in [-0.39, 0.29) is 5.88 Å². The molecule has 3 rings (SSSR count). The molecule has 0 aliphatic carbocycles. The fourth-order valence-electron chi connectivity index (χ4n) is 2.10. The number of halogens is 2. The zero-order valence-electron chi connectivity index (χ0n) is 11.2.